The van der Waals surface area contributed by atoms with Crippen molar-refractivity contribution in [1.29, 1.82) is 0 Å². The molecule has 0 radical (unpaired) electrons. The molecule has 22 heavy (non-hydrogen) atoms. The Kier molecular flexibility index (Phi) is 4.44. The Bertz CT molecular complexity index is 626. The largest absolute Gasteiger partial charge is 0.493 e. The first-order valence-electron chi connectivity index (χ1n) is 7.38. The number of furan rings is 1. The Balaban J connectivity index is 1.54. The first-order chi connectivity index (χ1) is 10.7. The maximum atomic E-state index is 12.1. The van der Waals surface area contributed by atoms with Gasteiger partial charge in [-0.25, -0.2) is 0 Å². The minimum absolute atomic E-state index is 0.178. The molecule has 1 amide bonds. The molecule has 116 valence electrons. The third kappa shape index (κ3) is 3.49. The number of rotatable bonds is 5. The van der Waals surface area contributed by atoms with Gasteiger partial charge in [-0.1, -0.05) is 0 Å². The van der Waals surface area contributed by atoms with Crippen LogP contribution in [0.3, 0.4) is 0 Å². The molecular weight excluding hydrogens is 282 g/mol. The fourth-order valence-electron chi connectivity index (χ4n) is 2.38. The van der Waals surface area contributed by atoms with Gasteiger partial charge in [0.1, 0.15) is 11.5 Å². The second-order valence-electron chi connectivity index (χ2n) is 5.41. The van der Waals surface area contributed by atoms with E-state index in [1.807, 2.05) is 24.3 Å². The molecule has 0 unspecified atom stereocenters. The van der Waals surface area contributed by atoms with Crippen molar-refractivity contribution in [2.45, 2.75) is 13.3 Å². The molecule has 3 rings (SSSR count). The number of hydrogen-bond donors (Lipinski definition) is 1. The van der Waals surface area contributed by atoms with Gasteiger partial charge >= 0.3 is 0 Å². The van der Waals surface area contributed by atoms with Crippen LogP contribution in [0.15, 0.2) is 41.0 Å². The normalized spacial score (nSPS) is 17.4. The summed E-state index contributed by atoms with van der Waals surface area (Å²) in [5.74, 6) is 1.70. The van der Waals surface area contributed by atoms with E-state index in [-0.39, 0.29) is 5.91 Å². The molecule has 1 N–H and O–H groups in total. The molecule has 0 spiro atoms. The number of carbonyl (C=O) groups is 1. The molecule has 1 atom stereocenters. The Labute approximate surface area is 129 Å². The first-order valence-corrected chi connectivity index (χ1v) is 7.38. The van der Waals surface area contributed by atoms with Gasteiger partial charge in [0.2, 0.25) is 0 Å². The van der Waals surface area contributed by atoms with E-state index in [2.05, 4.69) is 5.32 Å². The number of benzene rings is 1. The third-order valence-corrected chi connectivity index (χ3v) is 3.73. The van der Waals surface area contributed by atoms with Crippen molar-refractivity contribution in [3.05, 3.63) is 47.9 Å². The van der Waals surface area contributed by atoms with Crippen LogP contribution in [0.4, 0.5) is 5.69 Å². The van der Waals surface area contributed by atoms with Gasteiger partial charge in [0.05, 0.1) is 25.0 Å². The molecule has 0 saturated carbocycles. The van der Waals surface area contributed by atoms with E-state index < -0.39 is 0 Å². The molecule has 1 aliphatic heterocycles. The lowest BCUT2D eigenvalue weighted by atomic mass is 10.1. The second-order valence-corrected chi connectivity index (χ2v) is 5.41. The van der Waals surface area contributed by atoms with Crippen LogP contribution in [0.5, 0.6) is 5.75 Å². The zero-order valence-corrected chi connectivity index (χ0v) is 12.5. The molecule has 2 heterocycles. The molecule has 5 nitrogen and oxygen atoms in total. The summed E-state index contributed by atoms with van der Waals surface area (Å²) in [6, 6.07) is 9.02. The van der Waals surface area contributed by atoms with Crippen molar-refractivity contribution in [2.75, 3.05) is 25.1 Å². The standard InChI is InChI=1S/C17H19NO4/c1-12-16(7-9-21-12)17(19)18-14-2-4-15(5-3-14)22-11-13-6-8-20-10-13/h2-5,7,9,13H,6,8,10-11H2,1H3,(H,18,19)/t13-/m0/s1. The zero-order chi connectivity index (χ0) is 15.4. The summed E-state index contributed by atoms with van der Waals surface area (Å²) in [6.07, 6.45) is 2.56. The van der Waals surface area contributed by atoms with Gasteiger partial charge in [0.25, 0.3) is 5.91 Å². The van der Waals surface area contributed by atoms with Gasteiger partial charge in [-0.3, -0.25) is 4.79 Å². The summed E-state index contributed by atoms with van der Waals surface area (Å²) in [6.45, 7) is 4.03. The van der Waals surface area contributed by atoms with Gasteiger partial charge in [-0.15, -0.1) is 0 Å². The average Bonchev–Trinajstić information content (AvgIpc) is 3.18. The van der Waals surface area contributed by atoms with Gasteiger partial charge in [0, 0.05) is 18.2 Å². The van der Waals surface area contributed by atoms with E-state index in [1.54, 1.807) is 13.0 Å². The zero-order valence-electron chi connectivity index (χ0n) is 12.5. The van der Waals surface area contributed by atoms with Crippen LogP contribution in [0.1, 0.15) is 22.5 Å². The highest BCUT2D eigenvalue weighted by Crippen LogP contribution is 2.20. The van der Waals surface area contributed by atoms with E-state index >= 15 is 0 Å². The molecule has 1 fully saturated rings. The van der Waals surface area contributed by atoms with Crippen molar-refractivity contribution in [3.63, 3.8) is 0 Å². The van der Waals surface area contributed by atoms with Crippen molar-refractivity contribution in [1.82, 2.24) is 0 Å². The third-order valence-electron chi connectivity index (χ3n) is 3.73. The van der Waals surface area contributed by atoms with Crippen molar-refractivity contribution in [3.8, 4) is 5.75 Å². The Morgan fingerprint density at radius 2 is 2.14 bits per heavy atom. The summed E-state index contributed by atoms with van der Waals surface area (Å²) in [5, 5.41) is 2.84. The van der Waals surface area contributed by atoms with Gasteiger partial charge in [0.15, 0.2) is 0 Å². The minimum Gasteiger partial charge on any atom is -0.493 e. The molecule has 2 aromatic rings. The lowest BCUT2D eigenvalue weighted by Gasteiger charge is -2.11. The van der Waals surface area contributed by atoms with E-state index in [9.17, 15) is 4.79 Å². The van der Waals surface area contributed by atoms with Crippen LogP contribution in [0.25, 0.3) is 0 Å². The number of anilines is 1. The highest BCUT2D eigenvalue weighted by atomic mass is 16.5. The van der Waals surface area contributed by atoms with Crippen LogP contribution in [0.2, 0.25) is 0 Å². The molecule has 1 saturated heterocycles. The number of amides is 1. The molecule has 0 bridgehead atoms. The summed E-state index contributed by atoms with van der Waals surface area (Å²) < 4.78 is 16.2. The number of carbonyl (C=O) groups excluding carboxylic acids is 1. The highest BCUT2D eigenvalue weighted by Gasteiger charge is 2.16. The lowest BCUT2D eigenvalue weighted by Crippen LogP contribution is -2.13. The van der Waals surface area contributed by atoms with Crippen LogP contribution >= 0.6 is 0 Å². The summed E-state index contributed by atoms with van der Waals surface area (Å²) in [5.41, 5.74) is 1.27. The van der Waals surface area contributed by atoms with Crippen LogP contribution in [-0.2, 0) is 4.74 Å². The van der Waals surface area contributed by atoms with E-state index in [1.165, 1.54) is 6.26 Å². The Morgan fingerprint density at radius 3 is 2.77 bits per heavy atom. The van der Waals surface area contributed by atoms with Crippen molar-refractivity contribution in [2.24, 2.45) is 5.92 Å². The molecule has 5 heteroatoms. The van der Waals surface area contributed by atoms with E-state index in [4.69, 9.17) is 13.9 Å². The predicted molar refractivity (Wildman–Crippen MR) is 82.3 cm³/mol. The molecule has 1 aromatic carbocycles. The van der Waals surface area contributed by atoms with Crippen molar-refractivity contribution >= 4 is 11.6 Å². The lowest BCUT2D eigenvalue weighted by molar-refractivity contribution is 0.102. The summed E-state index contributed by atoms with van der Waals surface area (Å²) in [4.78, 5) is 12.1. The summed E-state index contributed by atoms with van der Waals surface area (Å²) >= 11 is 0. The fraction of sp³-hybridized carbons (Fsp3) is 0.353. The maximum Gasteiger partial charge on any atom is 0.259 e. The quantitative estimate of drug-likeness (QED) is 0.921. The number of aryl methyl sites for hydroxylation is 1. The Hall–Kier alpha value is -2.27. The minimum atomic E-state index is -0.178. The monoisotopic (exact) mass is 301 g/mol. The molecule has 1 aromatic heterocycles. The SMILES string of the molecule is Cc1occc1C(=O)Nc1ccc(OC[C@H]2CCOC2)cc1. The van der Waals surface area contributed by atoms with Crippen LogP contribution in [-0.4, -0.2) is 25.7 Å². The molecular formula is C17H19NO4. The van der Waals surface area contributed by atoms with E-state index in [0.29, 0.717) is 23.8 Å². The molecule has 0 aliphatic carbocycles. The highest BCUT2D eigenvalue weighted by molar-refractivity contribution is 6.04. The van der Waals surface area contributed by atoms with Gasteiger partial charge in [-0.2, -0.15) is 0 Å². The number of nitrogens with one attached hydrogen (secondary N) is 1. The first kappa shape index (κ1) is 14.7. The number of ether oxygens (including phenoxy) is 2. The van der Waals surface area contributed by atoms with Crippen LogP contribution < -0.4 is 10.1 Å². The average molecular weight is 301 g/mol. The van der Waals surface area contributed by atoms with Gasteiger partial charge in [-0.05, 0) is 43.7 Å². The van der Waals surface area contributed by atoms with E-state index in [0.717, 1.165) is 31.1 Å². The van der Waals surface area contributed by atoms with Gasteiger partial charge < -0.3 is 19.2 Å². The topological polar surface area (TPSA) is 60.7 Å². The predicted octanol–water partition coefficient (Wildman–Crippen LogP) is 3.26. The fourth-order valence-corrected chi connectivity index (χ4v) is 2.38. The molecule has 1 aliphatic rings. The van der Waals surface area contributed by atoms with Crippen molar-refractivity contribution < 1.29 is 18.7 Å². The maximum absolute atomic E-state index is 12.1. The second kappa shape index (κ2) is 6.66. The Morgan fingerprint density at radius 1 is 1.32 bits per heavy atom. The number of hydrogen-bond acceptors (Lipinski definition) is 4. The summed E-state index contributed by atoms with van der Waals surface area (Å²) in [7, 11) is 0. The smallest absolute Gasteiger partial charge is 0.259 e. The van der Waals surface area contributed by atoms with Crippen LogP contribution in [0, 0.1) is 12.8 Å².